The fourth-order valence-electron chi connectivity index (χ4n) is 0.941. The summed E-state index contributed by atoms with van der Waals surface area (Å²) in [6.07, 6.45) is -0.799. The third-order valence-corrected chi connectivity index (χ3v) is 2.14. The van der Waals surface area contributed by atoms with Crippen LogP contribution in [-0.2, 0) is 0 Å². The minimum absolute atomic E-state index is 0.213. The Bertz CT molecular complexity index is 409. The Morgan fingerprint density at radius 3 is 2.56 bits per heavy atom. The van der Waals surface area contributed by atoms with Crippen LogP contribution in [0.1, 0.15) is 0 Å². The van der Waals surface area contributed by atoms with Gasteiger partial charge in [-0.1, -0.05) is 23.7 Å². The Labute approximate surface area is 97.9 Å². The summed E-state index contributed by atoms with van der Waals surface area (Å²) in [7, 11) is 2.72. The van der Waals surface area contributed by atoms with Gasteiger partial charge in [0.15, 0.2) is 5.75 Å². The number of ether oxygens (including phenoxy) is 1. The van der Waals surface area contributed by atoms with E-state index in [1.165, 1.54) is 20.2 Å². The van der Waals surface area contributed by atoms with Crippen LogP contribution in [0.3, 0.4) is 0 Å². The molecule has 3 amide bonds. The maximum absolute atomic E-state index is 11.4. The number of benzene rings is 1. The first-order chi connectivity index (χ1) is 7.56. The SMILES string of the molecule is CNC(=O)N(C)C(=O)Oc1ccccc1Cl. The molecule has 0 fully saturated rings. The van der Waals surface area contributed by atoms with E-state index < -0.39 is 12.1 Å². The molecule has 1 N–H and O–H groups in total. The molecule has 0 bridgehead atoms. The summed E-state index contributed by atoms with van der Waals surface area (Å²) in [5.41, 5.74) is 0. The molecule has 0 radical (unpaired) electrons. The van der Waals surface area contributed by atoms with E-state index in [4.69, 9.17) is 16.3 Å². The maximum atomic E-state index is 11.4. The zero-order valence-corrected chi connectivity index (χ0v) is 9.62. The fourth-order valence-corrected chi connectivity index (χ4v) is 1.11. The molecule has 1 aromatic carbocycles. The number of rotatable bonds is 1. The number of imide groups is 1. The number of hydrogen-bond acceptors (Lipinski definition) is 3. The number of nitrogens with one attached hydrogen (secondary N) is 1. The normalized spacial score (nSPS) is 9.44. The number of urea groups is 1. The van der Waals surface area contributed by atoms with Crippen LogP contribution in [0.2, 0.25) is 5.02 Å². The topological polar surface area (TPSA) is 58.6 Å². The highest BCUT2D eigenvalue weighted by molar-refractivity contribution is 6.32. The van der Waals surface area contributed by atoms with Gasteiger partial charge in [-0.05, 0) is 12.1 Å². The van der Waals surface area contributed by atoms with Gasteiger partial charge in [-0.15, -0.1) is 0 Å². The predicted octanol–water partition coefficient (Wildman–Crippen LogP) is 2.11. The second-order valence-corrected chi connectivity index (χ2v) is 3.32. The lowest BCUT2D eigenvalue weighted by molar-refractivity contribution is 0.163. The first kappa shape index (κ1) is 12.3. The summed E-state index contributed by atoms with van der Waals surface area (Å²) >= 11 is 5.79. The molecule has 0 unspecified atom stereocenters. The highest BCUT2D eigenvalue weighted by Crippen LogP contribution is 2.23. The Morgan fingerprint density at radius 2 is 2.00 bits per heavy atom. The van der Waals surface area contributed by atoms with E-state index in [0.29, 0.717) is 5.02 Å². The number of hydrogen-bond donors (Lipinski definition) is 1. The van der Waals surface area contributed by atoms with E-state index in [-0.39, 0.29) is 5.75 Å². The van der Waals surface area contributed by atoms with Crippen molar-refractivity contribution in [3.05, 3.63) is 29.3 Å². The van der Waals surface area contributed by atoms with Crippen LogP contribution in [-0.4, -0.2) is 31.1 Å². The van der Waals surface area contributed by atoms with E-state index in [9.17, 15) is 9.59 Å². The lowest BCUT2D eigenvalue weighted by atomic mass is 10.3. The van der Waals surface area contributed by atoms with Crippen LogP contribution in [0.4, 0.5) is 9.59 Å². The Kier molecular flexibility index (Phi) is 4.13. The molecular weight excluding hydrogens is 232 g/mol. The fraction of sp³-hybridized carbons (Fsp3) is 0.200. The molecular formula is C10H11ClN2O3. The van der Waals surface area contributed by atoms with E-state index in [0.717, 1.165) is 4.90 Å². The summed E-state index contributed by atoms with van der Waals surface area (Å²) in [6.45, 7) is 0. The van der Waals surface area contributed by atoms with Crippen LogP contribution in [0.15, 0.2) is 24.3 Å². The van der Waals surface area contributed by atoms with Crippen molar-refractivity contribution >= 4 is 23.7 Å². The number of nitrogens with zero attached hydrogens (tertiary/aromatic N) is 1. The standard InChI is InChI=1S/C10H11ClN2O3/c1-12-9(14)13(2)10(15)16-8-6-4-3-5-7(8)11/h3-6H,1-2H3,(H,12,14). The third kappa shape index (κ3) is 2.87. The molecule has 1 aromatic rings. The molecule has 0 heterocycles. The molecule has 6 heteroatoms. The summed E-state index contributed by atoms with van der Waals surface area (Å²) in [5.74, 6) is 0.213. The number of carbonyl (C=O) groups is 2. The molecule has 5 nitrogen and oxygen atoms in total. The van der Waals surface area contributed by atoms with Gasteiger partial charge >= 0.3 is 12.1 Å². The van der Waals surface area contributed by atoms with Gasteiger partial charge in [0.05, 0.1) is 5.02 Å². The van der Waals surface area contributed by atoms with Gasteiger partial charge in [-0.2, -0.15) is 0 Å². The zero-order chi connectivity index (χ0) is 12.1. The van der Waals surface area contributed by atoms with E-state index in [2.05, 4.69) is 5.32 Å². The number of para-hydroxylation sites is 1. The zero-order valence-electron chi connectivity index (χ0n) is 8.86. The van der Waals surface area contributed by atoms with Gasteiger partial charge in [0.2, 0.25) is 0 Å². The lowest BCUT2D eigenvalue weighted by Gasteiger charge is -2.14. The van der Waals surface area contributed by atoms with E-state index in [1.807, 2.05) is 0 Å². The summed E-state index contributed by atoms with van der Waals surface area (Å²) in [4.78, 5) is 23.4. The third-order valence-electron chi connectivity index (χ3n) is 1.83. The molecule has 1 rings (SSSR count). The van der Waals surface area contributed by atoms with Crippen molar-refractivity contribution in [1.29, 1.82) is 0 Å². The average Bonchev–Trinajstić information content (AvgIpc) is 2.30. The van der Waals surface area contributed by atoms with E-state index in [1.54, 1.807) is 18.2 Å². The highest BCUT2D eigenvalue weighted by atomic mass is 35.5. The number of halogens is 1. The second-order valence-electron chi connectivity index (χ2n) is 2.91. The van der Waals surface area contributed by atoms with Crippen molar-refractivity contribution in [2.75, 3.05) is 14.1 Å². The van der Waals surface area contributed by atoms with Crippen LogP contribution in [0.5, 0.6) is 5.75 Å². The van der Waals surface area contributed by atoms with Crippen molar-refractivity contribution in [2.45, 2.75) is 0 Å². The van der Waals surface area contributed by atoms with Gasteiger partial charge in [-0.3, -0.25) is 0 Å². The quantitative estimate of drug-likeness (QED) is 0.821. The molecule has 0 aromatic heterocycles. The highest BCUT2D eigenvalue weighted by Gasteiger charge is 2.18. The average molecular weight is 243 g/mol. The van der Waals surface area contributed by atoms with Gasteiger partial charge < -0.3 is 10.1 Å². The molecule has 16 heavy (non-hydrogen) atoms. The molecule has 0 atom stereocenters. The summed E-state index contributed by atoms with van der Waals surface area (Å²) < 4.78 is 4.92. The van der Waals surface area contributed by atoms with Crippen LogP contribution < -0.4 is 10.1 Å². The van der Waals surface area contributed by atoms with Crippen molar-refractivity contribution in [1.82, 2.24) is 10.2 Å². The molecule has 0 spiro atoms. The van der Waals surface area contributed by atoms with Crippen molar-refractivity contribution in [3.63, 3.8) is 0 Å². The first-order valence-corrected chi connectivity index (χ1v) is 4.86. The van der Waals surface area contributed by atoms with E-state index >= 15 is 0 Å². The van der Waals surface area contributed by atoms with Crippen molar-refractivity contribution in [3.8, 4) is 5.75 Å². The van der Waals surface area contributed by atoms with Gasteiger partial charge in [0, 0.05) is 14.1 Å². The Hall–Kier alpha value is -1.75. The first-order valence-electron chi connectivity index (χ1n) is 4.48. The largest absolute Gasteiger partial charge is 0.423 e. The second kappa shape index (κ2) is 5.37. The minimum atomic E-state index is -0.799. The Morgan fingerprint density at radius 1 is 1.38 bits per heavy atom. The molecule has 0 aliphatic heterocycles. The summed E-state index contributed by atoms with van der Waals surface area (Å²) in [5, 5.41) is 2.61. The van der Waals surface area contributed by atoms with Crippen LogP contribution in [0, 0.1) is 0 Å². The van der Waals surface area contributed by atoms with Gasteiger partial charge in [0.1, 0.15) is 0 Å². The maximum Gasteiger partial charge on any atom is 0.423 e. The summed E-state index contributed by atoms with van der Waals surface area (Å²) in [6, 6.07) is 5.95. The Balaban J connectivity index is 2.72. The molecule has 0 saturated carbocycles. The lowest BCUT2D eigenvalue weighted by Crippen LogP contribution is -2.40. The van der Waals surface area contributed by atoms with Crippen molar-refractivity contribution in [2.24, 2.45) is 0 Å². The predicted molar refractivity (Wildman–Crippen MR) is 59.7 cm³/mol. The minimum Gasteiger partial charge on any atom is -0.408 e. The molecule has 0 aliphatic carbocycles. The van der Waals surface area contributed by atoms with Gasteiger partial charge in [-0.25, -0.2) is 14.5 Å². The van der Waals surface area contributed by atoms with Crippen molar-refractivity contribution < 1.29 is 14.3 Å². The number of carbonyl (C=O) groups excluding carboxylic acids is 2. The van der Waals surface area contributed by atoms with Crippen LogP contribution >= 0.6 is 11.6 Å². The molecule has 86 valence electrons. The molecule has 0 aliphatic rings. The monoisotopic (exact) mass is 242 g/mol. The van der Waals surface area contributed by atoms with Gasteiger partial charge in [0.25, 0.3) is 0 Å². The number of amides is 3. The van der Waals surface area contributed by atoms with Crippen LogP contribution in [0.25, 0.3) is 0 Å². The molecule has 0 saturated heterocycles. The smallest absolute Gasteiger partial charge is 0.408 e.